The summed E-state index contributed by atoms with van der Waals surface area (Å²) in [6, 6.07) is 6.40. The molecule has 0 aromatic heterocycles. The van der Waals surface area contributed by atoms with Gasteiger partial charge in [-0.2, -0.15) is 0 Å². The van der Waals surface area contributed by atoms with Crippen molar-refractivity contribution in [1.29, 1.82) is 0 Å². The molecule has 6 heteroatoms. The highest BCUT2D eigenvalue weighted by Crippen LogP contribution is 2.21. The molecule has 21 heavy (non-hydrogen) atoms. The molecule has 0 atom stereocenters. The van der Waals surface area contributed by atoms with Gasteiger partial charge in [-0.05, 0) is 51.8 Å². The molecule has 0 unspecified atom stereocenters. The van der Waals surface area contributed by atoms with Gasteiger partial charge >= 0.3 is 0 Å². The molecule has 118 valence electrons. The second-order valence-corrected chi connectivity index (χ2v) is 8.34. The number of nitrogens with two attached hydrogens (primary N) is 1. The fraction of sp³-hybridized carbons (Fsp3) is 0.600. The largest absolute Gasteiger partial charge is 0.399 e. The number of rotatable bonds is 3. The normalized spacial score (nSPS) is 18.8. The van der Waals surface area contributed by atoms with Crippen molar-refractivity contribution < 1.29 is 8.42 Å². The van der Waals surface area contributed by atoms with Crippen LogP contribution < -0.4 is 10.5 Å². The van der Waals surface area contributed by atoms with Crippen molar-refractivity contribution in [3.05, 3.63) is 24.3 Å². The molecule has 1 heterocycles. The van der Waals surface area contributed by atoms with Crippen molar-refractivity contribution in [2.24, 2.45) is 0 Å². The zero-order valence-corrected chi connectivity index (χ0v) is 13.8. The van der Waals surface area contributed by atoms with E-state index in [9.17, 15) is 8.42 Å². The van der Waals surface area contributed by atoms with Crippen molar-refractivity contribution in [2.75, 3.05) is 18.8 Å². The van der Waals surface area contributed by atoms with Gasteiger partial charge < -0.3 is 5.73 Å². The minimum atomic E-state index is -3.48. The van der Waals surface area contributed by atoms with Crippen LogP contribution in [0.3, 0.4) is 0 Å². The Morgan fingerprint density at radius 2 is 1.86 bits per heavy atom. The third-order valence-electron chi connectivity index (χ3n) is 3.93. The van der Waals surface area contributed by atoms with Gasteiger partial charge in [0.1, 0.15) is 0 Å². The molecule has 3 N–H and O–H groups in total. The summed E-state index contributed by atoms with van der Waals surface area (Å²) in [6.07, 6.45) is 1.66. The van der Waals surface area contributed by atoms with Gasteiger partial charge in [0, 0.05) is 30.4 Å². The van der Waals surface area contributed by atoms with Crippen LogP contribution in [-0.4, -0.2) is 38.0 Å². The topological polar surface area (TPSA) is 75.4 Å². The van der Waals surface area contributed by atoms with Crippen LogP contribution >= 0.6 is 0 Å². The van der Waals surface area contributed by atoms with E-state index in [1.807, 2.05) is 0 Å². The number of anilines is 1. The smallest absolute Gasteiger partial charge is 0.240 e. The molecular weight excluding hydrogens is 286 g/mol. The van der Waals surface area contributed by atoms with Crippen LogP contribution in [0, 0.1) is 0 Å². The maximum absolute atomic E-state index is 12.4. The number of likely N-dealkylation sites (tertiary alicyclic amines) is 1. The fourth-order valence-electron chi connectivity index (χ4n) is 2.64. The molecule has 1 aliphatic rings. The Morgan fingerprint density at radius 1 is 1.24 bits per heavy atom. The summed E-state index contributed by atoms with van der Waals surface area (Å²) in [5.41, 5.74) is 6.25. The summed E-state index contributed by atoms with van der Waals surface area (Å²) in [5, 5.41) is 0. The van der Waals surface area contributed by atoms with E-state index in [1.54, 1.807) is 18.2 Å². The molecule has 0 bridgehead atoms. The van der Waals surface area contributed by atoms with Gasteiger partial charge in [-0.15, -0.1) is 0 Å². The number of hydrogen-bond donors (Lipinski definition) is 2. The van der Waals surface area contributed by atoms with E-state index in [2.05, 4.69) is 30.4 Å². The molecule has 0 saturated carbocycles. The summed E-state index contributed by atoms with van der Waals surface area (Å²) in [6.45, 7) is 8.37. The van der Waals surface area contributed by atoms with Gasteiger partial charge in [0.2, 0.25) is 10.0 Å². The molecule has 1 aliphatic heterocycles. The highest BCUT2D eigenvalue weighted by atomic mass is 32.2. The third kappa shape index (κ3) is 4.18. The molecule has 2 rings (SSSR count). The summed E-state index contributed by atoms with van der Waals surface area (Å²) in [5.74, 6) is 0. The van der Waals surface area contributed by atoms with E-state index in [0.717, 1.165) is 25.9 Å². The standard InChI is InChI=1S/C15H25N3O2S/c1-15(2,3)18-9-7-13(8-10-18)17-21(19,20)14-6-4-5-12(16)11-14/h4-6,11,13,17H,7-10,16H2,1-3H3. The lowest BCUT2D eigenvalue weighted by molar-refractivity contribution is 0.100. The molecule has 1 saturated heterocycles. The van der Waals surface area contributed by atoms with E-state index in [1.165, 1.54) is 6.07 Å². The van der Waals surface area contributed by atoms with Crippen molar-refractivity contribution in [3.8, 4) is 0 Å². The Morgan fingerprint density at radius 3 is 2.38 bits per heavy atom. The minimum Gasteiger partial charge on any atom is -0.399 e. The number of piperidine rings is 1. The van der Waals surface area contributed by atoms with Crippen LogP contribution in [0.4, 0.5) is 5.69 Å². The number of sulfonamides is 1. The van der Waals surface area contributed by atoms with Gasteiger partial charge in [-0.25, -0.2) is 13.1 Å². The second kappa shape index (κ2) is 5.94. The first-order valence-corrected chi connectivity index (χ1v) is 8.80. The summed E-state index contributed by atoms with van der Waals surface area (Å²) in [4.78, 5) is 2.62. The molecular formula is C15H25N3O2S. The van der Waals surface area contributed by atoms with E-state index in [-0.39, 0.29) is 16.5 Å². The molecule has 1 aromatic rings. The summed E-state index contributed by atoms with van der Waals surface area (Å²) in [7, 11) is -3.48. The van der Waals surface area contributed by atoms with Crippen LogP contribution in [0.2, 0.25) is 0 Å². The minimum absolute atomic E-state index is 0.00460. The lowest BCUT2D eigenvalue weighted by atomic mass is 9.99. The first-order chi connectivity index (χ1) is 9.68. The Kier molecular flexibility index (Phi) is 4.60. The number of benzene rings is 1. The Hall–Kier alpha value is -1.11. The van der Waals surface area contributed by atoms with Crippen molar-refractivity contribution >= 4 is 15.7 Å². The average Bonchev–Trinajstić information content (AvgIpc) is 2.38. The fourth-order valence-corrected chi connectivity index (χ4v) is 4.00. The molecule has 0 aliphatic carbocycles. The lowest BCUT2D eigenvalue weighted by Gasteiger charge is -2.40. The summed E-state index contributed by atoms with van der Waals surface area (Å²) < 4.78 is 27.5. The van der Waals surface area contributed by atoms with E-state index in [4.69, 9.17) is 5.73 Å². The Bertz CT molecular complexity index is 585. The van der Waals surface area contributed by atoms with Crippen LogP contribution in [0.25, 0.3) is 0 Å². The second-order valence-electron chi connectivity index (χ2n) is 6.63. The van der Waals surface area contributed by atoms with Gasteiger partial charge in [0.05, 0.1) is 4.90 Å². The highest BCUT2D eigenvalue weighted by Gasteiger charge is 2.29. The molecule has 5 nitrogen and oxygen atoms in total. The van der Waals surface area contributed by atoms with E-state index < -0.39 is 10.0 Å². The average molecular weight is 311 g/mol. The van der Waals surface area contributed by atoms with Crippen LogP contribution in [0.1, 0.15) is 33.6 Å². The summed E-state index contributed by atoms with van der Waals surface area (Å²) >= 11 is 0. The van der Waals surface area contributed by atoms with Crippen molar-refractivity contribution in [2.45, 2.75) is 50.1 Å². The van der Waals surface area contributed by atoms with Crippen molar-refractivity contribution in [3.63, 3.8) is 0 Å². The first kappa shape index (κ1) is 16.3. The van der Waals surface area contributed by atoms with Crippen LogP contribution in [0.5, 0.6) is 0 Å². The number of nitrogens with zero attached hydrogens (tertiary/aromatic N) is 1. The van der Waals surface area contributed by atoms with Crippen molar-refractivity contribution in [1.82, 2.24) is 9.62 Å². The number of hydrogen-bond acceptors (Lipinski definition) is 4. The molecule has 1 aromatic carbocycles. The molecule has 0 amide bonds. The zero-order valence-electron chi connectivity index (χ0n) is 13.0. The predicted molar refractivity (Wildman–Crippen MR) is 85.5 cm³/mol. The van der Waals surface area contributed by atoms with E-state index in [0.29, 0.717) is 5.69 Å². The molecule has 0 radical (unpaired) electrons. The maximum atomic E-state index is 12.4. The first-order valence-electron chi connectivity index (χ1n) is 7.31. The highest BCUT2D eigenvalue weighted by molar-refractivity contribution is 7.89. The SMILES string of the molecule is CC(C)(C)N1CCC(NS(=O)(=O)c2cccc(N)c2)CC1. The third-order valence-corrected chi connectivity index (χ3v) is 5.45. The van der Waals surface area contributed by atoms with E-state index >= 15 is 0 Å². The van der Waals surface area contributed by atoms with Crippen LogP contribution in [-0.2, 0) is 10.0 Å². The lowest BCUT2D eigenvalue weighted by Crippen LogP contribution is -2.50. The quantitative estimate of drug-likeness (QED) is 0.835. The Balaban J connectivity index is 2.00. The van der Waals surface area contributed by atoms with Gasteiger partial charge in [-0.1, -0.05) is 6.07 Å². The number of nitrogens with one attached hydrogen (secondary N) is 1. The zero-order chi connectivity index (χ0) is 15.7. The molecule has 1 fully saturated rings. The Labute approximate surface area is 127 Å². The monoisotopic (exact) mass is 311 g/mol. The van der Waals surface area contributed by atoms with Gasteiger partial charge in [0.25, 0.3) is 0 Å². The maximum Gasteiger partial charge on any atom is 0.240 e. The van der Waals surface area contributed by atoms with Gasteiger partial charge in [0.15, 0.2) is 0 Å². The van der Waals surface area contributed by atoms with Gasteiger partial charge in [-0.3, -0.25) is 4.90 Å². The molecule has 0 spiro atoms. The number of nitrogen functional groups attached to an aromatic ring is 1. The predicted octanol–water partition coefficient (Wildman–Crippen LogP) is 1.81. The van der Waals surface area contributed by atoms with Crippen LogP contribution in [0.15, 0.2) is 29.2 Å².